The fourth-order valence-corrected chi connectivity index (χ4v) is 2.16. The number of hydrogen-bond acceptors (Lipinski definition) is 5. The summed E-state index contributed by atoms with van der Waals surface area (Å²) in [6, 6.07) is 11.3. The Balaban J connectivity index is 1.65. The molecule has 2 aromatic rings. The van der Waals surface area contributed by atoms with Crippen molar-refractivity contribution in [1.82, 2.24) is 10.4 Å². The molecule has 0 amide bonds. The molecule has 0 aliphatic carbocycles. The smallest absolute Gasteiger partial charge is 0.172 e. The third-order valence-electron chi connectivity index (χ3n) is 3.23. The first-order valence-electron chi connectivity index (χ1n) is 6.87. The zero-order chi connectivity index (χ0) is 15.4. The number of aromatic nitrogens is 1. The summed E-state index contributed by atoms with van der Waals surface area (Å²) in [5.74, 6) is 1.48. The van der Waals surface area contributed by atoms with Gasteiger partial charge in [0.15, 0.2) is 17.6 Å². The van der Waals surface area contributed by atoms with Crippen LogP contribution < -0.4 is 14.9 Å². The van der Waals surface area contributed by atoms with Crippen molar-refractivity contribution in [3.8, 4) is 11.5 Å². The molecule has 1 N–H and O–H groups in total. The predicted molar refractivity (Wildman–Crippen MR) is 88.5 cm³/mol. The zero-order valence-corrected chi connectivity index (χ0v) is 12.8. The Morgan fingerprint density at radius 1 is 1.27 bits per heavy atom. The molecule has 5 nitrogen and oxygen atoms in total. The molecule has 1 aromatic heterocycles. The van der Waals surface area contributed by atoms with Gasteiger partial charge in [-0.3, -0.25) is 10.4 Å². The number of nitrogens with one attached hydrogen (secondary N) is 1. The molecule has 0 bridgehead atoms. The van der Waals surface area contributed by atoms with Gasteiger partial charge in [-0.1, -0.05) is 24.4 Å². The monoisotopic (exact) mass is 313 g/mol. The molecule has 0 unspecified atom stereocenters. The summed E-state index contributed by atoms with van der Waals surface area (Å²) in [5.41, 5.74) is 4.45. The van der Waals surface area contributed by atoms with Crippen LogP contribution in [0.25, 0.3) is 0 Å². The van der Waals surface area contributed by atoms with Crippen LogP contribution in [0, 0.1) is 0 Å². The van der Waals surface area contributed by atoms with Gasteiger partial charge in [-0.15, -0.1) is 0 Å². The van der Waals surface area contributed by atoms with Crippen molar-refractivity contribution in [3.05, 3.63) is 54.4 Å². The highest BCUT2D eigenvalue weighted by Crippen LogP contribution is 2.31. The minimum atomic E-state index is -0.237. The van der Waals surface area contributed by atoms with E-state index in [1.54, 1.807) is 12.4 Å². The minimum absolute atomic E-state index is 0.237. The molecule has 0 saturated carbocycles. The highest BCUT2D eigenvalue weighted by atomic mass is 32.1. The number of benzene rings is 1. The standard InChI is InChI=1S/C16H15N3O2S/c1-11(18-19-16(22)12-5-4-8-17-9-12)15-10-20-13-6-2-3-7-14(13)21-15/h2-9,15H,10H2,1H3,(H,19,22)/b18-11-/t15-/m1/s1. The van der Waals surface area contributed by atoms with Gasteiger partial charge >= 0.3 is 0 Å². The highest BCUT2D eigenvalue weighted by Gasteiger charge is 2.23. The lowest BCUT2D eigenvalue weighted by Crippen LogP contribution is -2.36. The second-order valence-corrected chi connectivity index (χ2v) is 5.21. The Bertz CT molecular complexity index is 704. The summed E-state index contributed by atoms with van der Waals surface area (Å²) < 4.78 is 11.6. The van der Waals surface area contributed by atoms with E-state index >= 15 is 0 Å². The summed E-state index contributed by atoms with van der Waals surface area (Å²) >= 11 is 5.27. The van der Waals surface area contributed by atoms with Crippen molar-refractivity contribution in [3.63, 3.8) is 0 Å². The van der Waals surface area contributed by atoms with Crippen LogP contribution in [0.2, 0.25) is 0 Å². The molecule has 2 heterocycles. The highest BCUT2D eigenvalue weighted by molar-refractivity contribution is 7.80. The Labute approximate surface area is 134 Å². The van der Waals surface area contributed by atoms with Crippen LogP contribution in [0.3, 0.4) is 0 Å². The molecule has 1 aliphatic heterocycles. The zero-order valence-electron chi connectivity index (χ0n) is 12.0. The molecular weight excluding hydrogens is 298 g/mol. The van der Waals surface area contributed by atoms with Gasteiger partial charge in [-0.25, -0.2) is 0 Å². The van der Waals surface area contributed by atoms with Crippen LogP contribution in [0.15, 0.2) is 53.9 Å². The SMILES string of the molecule is C/C(=N/NC(=S)c1cccnc1)[C@H]1COc2ccccc2O1. The molecule has 112 valence electrons. The van der Waals surface area contributed by atoms with Gasteiger partial charge in [-0.2, -0.15) is 5.10 Å². The summed E-state index contributed by atoms with van der Waals surface area (Å²) in [6.07, 6.45) is 3.15. The maximum Gasteiger partial charge on any atom is 0.172 e. The summed E-state index contributed by atoms with van der Waals surface area (Å²) in [7, 11) is 0. The number of fused-ring (bicyclic) bond motifs is 1. The van der Waals surface area contributed by atoms with Crippen molar-refractivity contribution >= 4 is 22.9 Å². The Kier molecular flexibility index (Phi) is 4.29. The largest absolute Gasteiger partial charge is 0.485 e. The van der Waals surface area contributed by atoms with Gasteiger partial charge < -0.3 is 9.47 Å². The summed E-state index contributed by atoms with van der Waals surface area (Å²) in [6.45, 7) is 2.30. The minimum Gasteiger partial charge on any atom is -0.485 e. The molecule has 1 aliphatic rings. The number of pyridine rings is 1. The molecule has 0 fully saturated rings. The molecule has 3 rings (SSSR count). The number of thiocarbonyl (C=S) groups is 1. The van der Waals surface area contributed by atoms with E-state index in [-0.39, 0.29) is 6.10 Å². The maximum absolute atomic E-state index is 5.88. The molecule has 22 heavy (non-hydrogen) atoms. The first-order valence-corrected chi connectivity index (χ1v) is 7.28. The van der Waals surface area contributed by atoms with E-state index in [1.807, 2.05) is 43.3 Å². The number of para-hydroxylation sites is 2. The van der Waals surface area contributed by atoms with E-state index in [9.17, 15) is 0 Å². The van der Waals surface area contributed by atoms with Crippen molar-refractivity contribution < 1.29 is 9.47 Å². The van der Waals surface area contributed by atoms with Crippen LogP contribution in [-0.2, 0) is 0 Å². The van der Waals surface area contributed by atoms with Crippen molar-refractivity contribution in [2.45, 2.75) is 13.0 Å². The second kappa shape index (κ2) is 6.53. The van der Waals surface area contributed by atoms with Gasteiger partial charge in [-0.05, 0) is 31.2 Å². The van der Waals surface area contributed by atoms with Crippen LogP contribution in [0.1, 0.15) is 12.5 Å². The molecule has 6 heteroatoms. The Morgan fingerprint density at radius 2 is 2.09 bits per heavy atom. The number of hydrazone groups is 1. The van der Waals surface area contributed by atoms with E-state index in [1.165, 1.54) is 0 Å². The van der Waals surface area contributed by atoms with E-state index in [2.05, 4.69) is 15.5 Å². The Morgan fingerprint density at radius 3 is 2.86 bits per heavy atom. The normalized spacial score (nSPS) is 17.0. The van der Waals surface area contributed by atoms with Crippen LogP contribution >= 0.6 is 12.2 Å². The third-order valence-corrected chi connectivity index (χ3v) is 3.56. The fraction of sp³-hybridized carbons (Fsp3) is 0.188. The number of rotatable bonds is 3. The topological polar surface area (TPSA) is 55.7 Å². The number of ether oxygens (including phenoxy) is 2. The summed E-state index contributed by atoms with van der Waals surface area (Å²) in [4.78, 5) is 4.55. The van der Waals surface area contributed by atoms with Gasteiger partial charge in [0.1, 0.15) is 11.6 Å². The quantitative estimate of drug-likeness (QED) is 0.536. The lowest BCUT2D eigenvalue weighted by molar-refractivity contribution is 0.134. The van der Waals surface area contributed by atoms with E-state index < -0.39 is 0 Å². The lowest BCUT2D eigenvalue weighted by atomic mass is 10.2. The summed E-state index contributed by atoms with van der Waals surface area (Å²) in [5, 5.41) is 4.29. The fourth-order valence-electron chi connectivity index (χ4n) is 2.00. The Hall–Kier alpha value is -2.47. The average Bonchev–Trinajstić information content (AvgIpc) is 2.59. The van der Waals surface area contributed by atoms with E-state index in [0.29, 0.717) is 11.6 Å². The number of hydrogen-bond donors (Lipinski definition) is 1. The second-order valence-electron chi connectivity index (χ2n) is 4.80. The van der Waals surface area contributed by atoms with E-state index in [0.717, 1.165) is 22.8 Å². The lowest BCUT2D eigenvalue weighted by Gasteiger charge is -2.26. The third kappa shape index (κ3) is 3.23. The van der Waals surface area contributed by atoms with Gasteiger partial charge in [0.05, 0.1) is 5.71 Å². The van der Waals surface area contributed by atoms with Crippen LogP contribution in [-0.4, -0.2) is 28.4 Å². The van der Waals surface area contributed by atoms with Gasteiger partial charge in [0.25, 0.3) is 0 Å². The first-order chi connectivity index (χ1) is 10.7. The molecule has 1 atom stereocenters. The first kappa shape index (κ1) is 14.5. The average molecular weight is 313 g/mol. The molecule has 0 saturated heterocycles. The van der Waals surface area contributed by atoms with Crippen molar-refractivity contribution in [1.29, 1.82) is 0 Å². The predicted octanol–water partition coefficient (Wildman–Crippen LogP) is 2.56. The van der Waals surface area contributed by atoms with Gasteiger partial charge in [0.2, 0.25) is 0 Å². The molecule has 0 spiro atoms. The maximum atomic E-state index is 5.88. The van der Waals surface area contributed by atoms with Gasteiger partial charge in [0, 0.05) is 18.0 Å². The van der Waals surface area contributed by atoms with Crippen LogP contribution in [0.4, 0.5) is 0 Å². The van der Waals surface area contributed by atoms with Crippen molar-refractivity contribution in [2.75, 3.05) is 6.61 Å². The molecular formula is C16H15N3O2S. The molecule has 0 radical (unpaired) electrons. The van der Waals surface area contributed by atoms with Crippen molar-refractivity contribution in [2.24, 2.45) is 5.10 Å². The molecule has 1 aromatic carbocycles. The number of nitrogens with zero attached hydrogens (tertiary/aromatic N) is 2. The van der Waals surface area contributed by atoms with Crippen LogP contribution in [0.5, 0.6) is 11.5 Å². The van der Waals surface area contributed by atoms with E-state index in [4.69, 9.17) is 21.7 Å².